The van der Waals surface area contributed by atoms with E-state index in [4.69, 9.17) is 0 Å². The lowest BCUT2D eigenvalue weighted by Crippen LogP contribution is -2.49. The summed E-state index contributed by atoms with van der Waals surface area (Å²) in [6, 6.07) is -0.442. The minimum Gasteiger partial charge on any atom is -0.338 e. The Kier molecular flexibility index (Phi) is 5.73. The molecule has 2 rings (SSSR count). The monoisotopic (exact) mass is 366 g/mol. The van der Waals surface area contributed by atoms with E-state index in [1.165, 1.54) is 9.21 Å². The standard InChI is InChI=1S/C14H26N2O5S2/c1-3-15(13-8-9-23(20,21)11-13)14(17)10-16(22(2,18)19)12-6-4-5-7-12/h12-13H,3-11H2,1-2H3. The summed E-state index contributed by atoms with van der Waals surface area (Å²) < 4.78 is 48.7. The van der Waals surface area contributed by atoms with Crippen LogP contribution in [-0.2, 0) is 24.7 Å². The van der Waals surface area contributed by atoms with E-state index in [-0.39, 0.29) is 36.0 Å². The third-order valence-electron chi connectivity index (χ3n) is 4.76. The molecule has 0 N–H and O–H groups in total. The fourth-order valence-corrected chi connectivity index (χ4v) is 6.42. The van der Waals surface area contributed by atoms with Crippen LogP contribution in [0.1, 0.15) is 39.0 Å². The van der Waals surface area contributed by atoms with Gasteiger partial charge in [-0.2, -0.15) is 4.31 Å². The average Bonchev–Trinajstić information content (AvgIpc) is 3.05. The molecule has 1 heterocycles. The first-order valence-electron chi connectivity index (χ1n) is 8.11. The van der Waals surface area contributed by atoms with Gasteiger partial charge in [-0.25, -0.2) is 16.8 Å². The molecular formula is C14H26N2O5S2. The predicted octanol–water partition coefficient (Wildman–Crippen LogP) is 0.226. The van der Waals surface area contributed by atoms with Gasteiger partial charge in [-0.3, -0.25) is 4.79 Å². The summed E-state index contributed by atoms with van der Waals surface area (Å²) in [5, 5.41) is 0. The number of rotatable bonds is 6. The Morgan fingerprint density at radius 1 is 1.13 bits per heavy atom. The van der Waals surface area contributed by atoms with Crippen LogP contribution in [0.4, 0.5) is 0 Å². The van der Waals surface area contributed by atoms with Crippen molar-refractivity contribution in [2.75, 3.05) is 30.9 Å². The lowest BCUT2D eigenvalue weighted by atomic mass is 10.2. The summed E-state index contributed by atoms with van der Waals surface area (Å²) in [6.07, 6.45) is 5.08. The van der Waals surface area contributed by atoms with Crippen LogP contribution < -0.4 is 0 Å². The first-order chi connectivity index (χ1) is 10.6. The van der Waals surface area contributed by atoms with Gasteiger partial charge in [-0.1, -0.05) is 12.8 Å². The molecule has 1 saturated heterocycles. The summed E-state index contributed by atoms with van der Waals surface area (Å²) in [6.45, 7) is 2.00. The summed E-state index contributed by atoms with van der Waals surface area (Å²) in [5.41, 5.74) is 0. The van der Waals surface area contributed by atoms with Gasteiger partial charge in [0.2, 0.25) is 15.9 Å². The van der Waals surface area contributed by atoms with Crippen LogP contribution >= 0.6 is 0 Å². The maximum absolute atomic E-state index is 12.6. The van der Waals surface area contributed by atoms with Crippen LogP contribution in [0.3, 0.4) is 0 Å². The highest BCUT2D eigenvalue weighted by Crippen LogP contribution is 2.26. The van der Waals surface area contributed by atoms with Crippen LogP contribution in [0.15, 0.2) is 0 Å². The lowest BCUT2D eigenvalue weighted by Gasteiger charge is -2.31. The zero-order chi connectivity index (χ0) is 17.3. The summed E-state index contributed by atoms with van der Waals surface area (Å²) in [4.78, 5) is 14.1. The largest absolute Gasteiger partial charge is 0.338 e. The van der Waals surface area contributed by atoms with Crippen LogP contribution in [0.5, 0.6) is 0 Å². The van der Waals surface area contributed by atoms with Crippen molar-refractivity contribution in [2.45, 2.75) is 51.1 Å². The molecule has 0 aromatic heterocycles. The molecule has 7 nitrogen and oxygen atoms in total. The van der Waals surface area contributed by atoms with Gasteiger partial charge in [0, 0.05) is 18.6 Å². The zero-order valence-corrected chi connectivity index (χ0v) is 15.4. The van der Waals surface area contributed by atoms with Crippen molar-refractivity contribution in [1.82, 2.24) is 9.21 Å². The molecule has 0 radical (unpaired) electrons. The van der Waals surface area contributed by atoms with E-state index >= 15 is 0 Å². The van der Waals surface area contributed by atoms with Gasteiger partial charge < -0.3 is 4.90 Å². The Hall–Kier alpha value is -0.670. The Labute approximate surface area is 139 Å². The summed E-state index contributed by atoms with van der Waals surface area (Å²) >= 11 is 0. The first-order valence-corrected chi connectivity index (χ1v) is 11.8. The predicted molar refractivity (Wildman–Crippen MR) is 88.3 cm³/mol. The van der Waals surface area contributed by atoms with Crippen molar-refractivity contribution in [3.63, 3.8) is 0 Å². The highest BCUT2D eigenvalue weighted by atomic mass is 32.2. The molecule has 1 amide bonds. The number of sulfone groups is 1. The molecule has 9 heteroatoms. The second kappa shape index (κ2) is 7.06. The number of amides is 1. The SMILES string of the molecule is CCN(C(=O)CN(C1CCCC1)S(C)(=O)=O)C1CCS(=O)(=O)C1. The van der Waals surface area contributed by atoms with Crippen LogP contribution in [0.25, 0.3) is 0 Å². The quantitative estimate of drug-likeness (QED) is 0.671. The highest BCUT2D eigenvalue weighted by molar-refractivity contribution is 7.91. The highest BCUT2D eigenvalue weighted by Gasteiger charge is 2.37. The fraction of sp³-hybridized carbons (Fsp3) is 0.929. The third kappa shape index (κ3) is 4.67. The van der Waals surface area contributed by atoms with Crippen molar-refractivity contribution in [3.05, 3.63) is 0 Å². The van der Waals surface area contributed by atoms with E-state index in [0.717, 1.165) is 31.9 Å². The van der Waals surface area contributed by atoms with Crippen LogP contribution in [0, 0.1) is 0 Å². The van der Waals surface area contributed by atoms with Crippen molar-refractivity contribution in [3.8, 4) is 0 Å². The molecule has 1 unspecified atom stereocenters. The Balaban J connectivity index is 2.10. The summed E-state index contributed by atoms with van der Waals surface area (Å²) in [7, 11) is -6.55. The zero-order valence-electron chi connectivity index (χ0n) is 13.8. The molecule has 1 aliphatic carbocycles. The molecule has 23 heavy (non-hydrogen) atoms. The molecule has 0 aromatic carbocycles. The van der Waals surface area contributed by atoms with Crippen LogP contribution in [-0.4, -0.2) is 74.9 Å². The van der Waals surface area contributed by atoms with E-state index in [9.17, 15) is 21.6 Å². The maximum Gasteiger partial charge on any atom is 0.238 e. The minimum absolute atomic E-state index is 0.0190. The number of hydrogen-bond acceptors (Lipinski definition) is 5. The van der Waals surface area contributed by atoms with E-state index in [1.807, 2.05) is 0 Å². The molecule has 0 aromatic rings. The van der Waals surface area contributed by atoms with Gasteiger partial charge in [0.1, 0.15) is 0 Å². The number of hydrogen-bond donors (Lipinski definition) is 0. The van der Waals surface area contributed by atoms with E-state index < -0.39 is 19.9 Å². The summed E-state index contributed by atoms with van der Waals surface area (Å²) in [5.74, 6) is -0.221. The number of likely N-dealkylation sites (N-methyl/N-ethyl adjacent to an activating group) is 1. The second-order valence-corrected chi connectivity index (χ2v) is 10.6. The van der Waals surface area contributed by atoms with E-state index in [1.54, 1.807) is 6.92 Å². The van der Waals surface area contributed by atoms with Gasteiger partial charge >= 0.3 is 0 Å². The lowest BCUT2D eigenvalue weighted by molar-refractivity contribution is -0.133. The minimum atomic E-state index is -3.46. The van der Waals surface area contributed by atoms with Gasteiger partial charge in [-0.15, -0.1) is 0 Å². The van der Waals surface area contributed by atoms with Crippen molar-refractivity contribution in [2.24, 2.45) is 0 Å². The maximum atomic E-state index is 12.6. The number of sulfonamides is 1. The molecule has 2 aliphatic rings. The molecule has 0 spiro atoms. The van der Waals surface area contributed by atoms with E-state index in [0.29, 0.717) is 13.0 Å². The van der Waals surface area contributed by atoms with Gasteiger partial charge in [0.15, 0.2) is 9.84 Å². The number of carbonyl (C=O) groups excluding carboxylic acids is 1. The number of carbonyl (C=O) groups is 1. The third-order valence-corrected chi connectivity index (χ3v) is 7.79. The molecule has 1 aliphatic heterocycles. The van der Waals surface area contributed by atoms with Gasteiger partial charge in [0.05, 0.1) is 24.3 Å². The number of nitrogens with zero attached hydrogens (tertiary/aromatic N) is 2. The van der Waals surface area contributed by atoms with E-state index in [2.05, 4.69) is 0 Å². The Bertz CT molecular complexity index is 638. The first kappa shape index (κ1) is 18.7. The van der Waals surface area contributed by atoms with Crippen molar-refractivity contribution in [1.29, 1.82) is 0 Å². The second-order valence-electron chi connectivity index (χ2n) is 6.48. The average molecular weight is 367 g/mol. The van der Waals surface area contributed by atoms with Gasteiger partial charge in [-0.05, 0) is 26.2 Å². The molecule has 1 atom stereocenters. The molecule has 1 saturated carbocycles. The molecule has 2 fully saturated rings. The molecule has 134 valence electrons. The fourth-order valence-electron chi connectivity index (χ4n) is 3.59. The Morgan fingerprint density at radius 3 is 2.17 bits per heavy atom. The topological polar surface area (TPSA) is 91.8 Å². The molecular weight excluding hydrogens is 340 g/mol. The van der Waals surface area contributed by atoms with Crippen molar-refractivity contribution < 1.29 is 21.6 Å². The molecule has 0 bridgehead atoms. The van der Waals surface area contributed by atoms with Gasteiger partial charge in [0.25, 0.3) is 0 Å². The normalized spacial score (nSPS) is 25.1. The smallest absolute Gasteiger partial charge is 0.238 e. The van der Waals surface area contributed by atoms with Crippen molar-refractivity contribution >= 4 is 25.8 Å². The Morgan fingerprint density at radius 2 is 1.74 bits per heavy atom. The van der Waals surface area contributed by atoms with Crippen LogP contribution in [0.2, 0.25) is 0 Å².